The molecule has 2 bridgehead atoms. The van der Waals surface area contributed by atoms with Crippen LogP contribution in [0.2, 0.25) is 20.1 Å². The maximum atomic E-state index is 13.0. The van der Waals surface area contributed by atoms with E-state index in [0.29, 0.717) is 50.5 Å². The van der Waals surface area contributed by atoms with Crippen LogP contribution in [0, 0.1) is 11.8 Å². The van der Waals surface area contributed by atoms with E-state index in [1.54, 1.807) is 48.6 Å². The third-order valence-electron chi connectivity index (χ3n) is 5.46. The molecule has 0 aliphatic heterocycles. The molecule has 0 aromatic heterocycles. The molecule has 2 fully saturated rings. The van der Waals surface area contributed by atoms with Crippen molar-refractivity contribution < 1.29 is 9.59 Å². The summed E-state index contributed by atoms with van der Waals surface area (Å²) < 4.78 is 0. The molecule has 0 radical (unpaired) electrons. The second kappa shape index (κ2) is 8.28. The first kappa shape index (κ1) is 20.7. The van der Waals surface area contributed by atoms with E-state index in [0.717, 1.165) is 11.1 Å². The molecule has 2 aromatic carbocycles. The highest BCUT2D eigenvalue weighted by molar-refractivity contribution is 6.36. The lowest BCUT2D eigenvalue weighted by molar-refractivity contribution is -0.127. The van der Waals surface area contributed by atoms with Crippen molar-refractivity contribution in [3.8, 4) is 0 Å². The highest BCUT2D eigenvalue weighted by Crippen LogP contribution is 2.42. The minimum atomic E-state index is -0.207. The number of fused-ring (bicyclic) bond motifs is 2. The summed E-state index contributed by atoms with van der Waals surface area (Å²) in [4.78, 5) is 26.0. The van der Waals surface area contributed by atoms with Gasteiger partial charge in [-0.25, -0.2) is 0 Å². The van der Waals surface area contributed by atoms with Gasteiger partial charge in [0.2, 0.25) is 0 Å². The van der Waals surface area contributed by atoms with Gasteiger partial charge in [0.25, 0.3) is 0 Å². The van der Waals surface area contributed by atoms with Crippen molar-refractivity contribution in [1.29, 1.82) is 0 Å². The van der Waals surface area contributed by atoms with E-state index < -0.39 is 0 Å². The summed E-state index contributed by atoms with van der Waals surface area (Å²) in [6.45, 7) is 0. The van der Waals surface area contributed by atoms with Gasteiger partial charge in [0, 0.05) is 31.9 Å². The Hall–Kier alpha value is -1.58. The SMILES string of the molecule is O=C1/C(=C/c2ccc(Cl)cc2Cl)CC2CC1C/C(=C\c1ccc(Cl)cc1Cl)C2=O. The molecule has 0 spiro atoms. The smallest absolute Gasteiger partial charge is 0.162 e. The first-order valence-corrected chi connectivity index (χ1v) is 10.7. The zero-order valence-corrected chi connectivity index (χ0v) is 18.2. The molecule has 148 valence electrons. The van der Waals surface area contributed by atoms with Gasteiger partial charge < -0.3 is 0 Å². The fraction of sp³-hybridized carbons (Fsp3) is 0.217. The minimum absolute atomic E-state index is 0.0767. The van der Waals surface area contributed by atoms with Gasteiger partial charge in [-0.3, -0.25) is 9.59 Å². The topological polar surface area (TPSA) is 34.1 Å². The lowest BCUT2D eigenvalue weighted by Gasteiger charge is -2.35. The highest BCUT2D eigenvalue weighted by atomic mass is 35.5. The molecule has 2 nitrogen and oxygen atoms in total. The summed E-state index contributed by atoms with van der Waals surface area (Å²) in [6, 6.07) is 10.3. The molecule has 0 N–H and O–H groups in total. The second-order valence-electron chi connectivity index (χ2n) is 7.44. The summed E-state index contributed by atoms with van der Waals surface area (Å²) in [5, 5.41) is 2.04. The van der Waals surface area contributed by atoms with E-state index in [-0.39, 0.29) is 23.4 Å². The van der Waals surface area contributed by atoms with Crippen LogP contribution in [0.1, 0.15) is 30.4 Å². The molecular weight excluding hydrogens is 450 g/mol. The normalized spacial score (nSPS) is 24.4. The number of hydrogen-bond donors (Lipinski definition) is 0. The lowest BCUT2D eigenvalue weighted by atomic mass is 9.66. The van der Waals surface area contributed by atoms with Crippen LogP contribution >= 0.6 is 46.4 Å². The molecule has 0 saturated heterocycles. The van der Waals surface area contributed by atoms with Crippen LogP contribution in [0.25, 0.3) is 12.2 Å². The van der Waals surface area contributed by atoms with E-state index in [9.17, 15) is 9.59 Å². The van der Waals surface area contributed by atoms with Crippen molar-refractivity contribution in [2.24, 2.45) is 11.8 Å². The van der Waals surface area contributed by atoms with Crippen LogP contribution < -0.4 is 0 Å². The van der Waals surface area contributed by atoms with Crippen LogP contribution in [0.3, 0.4) is 0 Å². The molecule has 0 heterocycles. The number of carbonyl (C=O) groups excluding carboxylic acids is 2. The van der Waals surface area contributed by atoms with Crippen LogP contribution in [-0.2, 0) is 9.59 Å². The fourth-order valence-corrected chi connectivity index (χ4v) is 4.96. The van der Waals surface area contributed by atoms with Gasteiger partial charge in [-0.05, 0) is 78.0 Å². The van der Waals surface area contributed by atoms with E-state index >= 15 is 0 Å². The number of Topliss-reactive ketones (excluding diaryl/α,β-unsaturated/α-hetero) is 2. The van der Waals surface area contributed by atoms with Gasteiger partial charge in [-0.2, -0.15) is 0 Å². The third kappa shape index (κ3) is 4.32. The van der Waals surface area contributed by atoms with Crippen molar-refractivity contribution in [3.05, 3.63) is 78.8 Å². The molecule has 0 amide bonds. The monoisotopic (exact) mass is 464 g/mol. The zero-order chi connectivity index (χ0) is 20.7. The van der Waals surface area contributed by atoms with Crippen LogP contribution in [0.15, 0.2) is 47.5 Å². The van der Waals surface area contributed by atoms with Crippen molar-refractivity contribution in [2.75, 3.05) is 0 Å². The number of halogens is 4. The van der Waals surface area contributed by atoms with Gasteiger partial charge in [0.15, 0.2) is 11.6 Å². The Labute approximate surface area is 189 Å². The molecule has 4 rings (SSSR count). The number of hydrogen-bond acceptors (Lipinski definition) is 2. The third-order valence-corrected chi connectivity index (χ3v) is 6.59. The van der Waals surface area contributed by atoms with E-state index in [4.69, 9.17) is 46.4 Å². The van der Waals surface area contributed by atoms with Crippen molar-refractivity contribution >= 4 is 70.1 Å². The quantitative estimate of drug-likeness (QED) is 0.435. The standard InChI is InChI=1S/C23H16Cl4O2/c24-18-3-1-12(20(26)10-18)5-14-7-16-9-17(22(14)28)8-15(23(16)29)6-13-2-4-19(25)11-21(13)27/h1-6,10-11,16-17H,7-9H2/b14-5+,15-6+. The Bertz CT molecular complexity index is 999. The van der Waals surface area contributed by atoms with Crippen molar-refractivity contribution in [3.63, 3.8) is 0 Å². The van der Waals surface area contributed by atoms with Crippen molar-refractivity contribution in [2.45, 2.75) is 19.3 Å². The second-order valence-corrected chi connectivity index (χ2v) is 9.12. The Kier molecular flexibility index (Phi) is 5.90. The van der Waals surface area contributed by atoms with Gasteiger partial charge >= 0.3 is 0 Å². The van der Waals surface area contributed by atoms with E-state index in [2.05, 4.69) is 0 Å². The molecule has 2 aliphatic rings. The number of carbonyl (C=O) groups is 2. The van der Waals surface area contributed by atoms with Gasteiger partial charge in [0.05, 0.1) is 0 Å². The molecule has 6 heteroatoms. The summed E-state index contributed by atoms with van der Waals surface area (Å²) in [7, 11) is 0. The zero-order valence-electron chi connectivity index (χ0n) is 15.2. The van der Waals surface area contributed by atoms with Crippen LogP contribution in [0.5, 0.6) is 0 Å². The molecule has 2 atom stereocenters. The summed E-state index contributed by atoms with van der Waals surface area (Å²) in [5.41, 5.74) is 2.76. The van der Waals surface area contributed by atoms with Gasteiger partial charge in [0.1, 0.15) is 0 Å². The highest BCUT2D eigenvalue weighted by Gasteiger charge is 2.41. The van der Waals surface area contributed by atoms with Crippen molar-refractivity contribution in [1.82, 2.24) is 0 Å². The number of allylic oxidation sites excluding steroid dienone is 2. The summed E-state index contributed by atoms with van der Waals surface area (Å²) >= 11 is 24.4. The maximum absolute atomic E-state index is 13.0. The predicted molar refractivity (Wildman–Crippen MR) is 120 cm³/mol. The number of benzene rings is 2. The van der Waals surface area contributed by atoms with E-state index in [1.165, 1.54) is 0 Å². The number of ketones is 2. The molecule has 2 aliphatic carbocycles. The summed E-state index contributed by atoms with van der Waals surface area (Å²) in [6.07, 6.45) is 5.00. The van der Waals surface area contributed by atoms with Gasteiger partial charge in [-0.1, -0.05) is 58.5 Å². The molecular formula is C23H16Cl4O2. The average Bonchev–Trinajstić information content (AvgIpc) is 2.67. The summed E-state index contributed by atoms with van der Waals surface area (Å²) in [5.74, 6) is -0.261. The molecule has 2 aromatic rings. The molecule has 29 heavy (non-hydrogen) atoms. The minimum Gasteiger partial charge on any atom is -0.294 e. The Morgan fingerprint density at radius 2 is 1.10 bits per heavy atom. The number of rotatable bonds is 2. The largest absolute Gasteiger partial charge is 0.294 e. The first-order chi connectivity index (χ1) is 13.8. The fourth-order valence-electron chi connectivity index (χ4n) is 4.04. The maximum Gasteiger partial charge on any atom is 0.162 e. The van der Waals surface area contributed by atoms with E-state index in [1.807, 2.05) is 0 Å². The average molecular weight is 466 g/mol. The predicted octanol–water partition coefficient (Wildman–Crippen LogP) is 7.34. The van der Waals surface area contributed by atoms with Crippen LogP contribution in [-0.4, -0.2) is 11.6 Å². The Morgan fingerprint density at radius 1 is 0.690 bits per heavy atom. The van der Waals surface area contributed by atoms with Crippen LogP contribution in [0.4, 0.5) is 0 Å². The first-order valence-electron chi connectivity index (χ1n) is 9.21. The Balaban J connectivity index is 1.63. The molecule has 2 saturated carbocycles. The lowest BCUT2D eigenvalue weighted by Crippen LogP contribution is -2.37. The Morgan fingerprint density at radius 3 is 1.48 bits per heavy atom. The molecule has 2 unspecified atom stereocenters. The van der Waals surface area contributed by atoms with Gasteiger partial charge in [-0.15, -0.1) is 0 Å².